The number of nitrogen functional groups attached to an aromatic ring is 1. The molecule has 104 valence electrons. The normalized spacial score (nSPS) is 10.4. The summed E-state index contributed by atoms with van der Waals surface area (Å²) in [6, 6.07) is 2.68. The summed E-state index contributed by atoms with van der Waals surface area (Å²) in [6.45, 7) is 0. The number of amides is 1. The van der Waals surface area contributed by atoms with Crippen LogP contribution in [0.4, 0.5) is 20.3 Å². The third-order valence-corrected chi connectivity index (χ3v) is 2.58. The molecular formula is C11H6Cl2F2N4O. The first-order chi connectivity index (χ1) is 9.36. The summed E-state index contributed by atoms with van der Waals surface area (Å²) in [5.41, 5.74) is 4.20. The highest BCUT2D eigenvalue weighted by Crippen LogP contribution is 2.20. The molecule has 1 aromatic heterocycles. The minimum atomic E-state index is -1.03. The number of nitrogens with two attached hydrogens (primary N) is 1. The Kier molecular flexibility index (Phi) is 4.01. The van der Waals surface area contributed by atoms with Crippen LogP contribution in [0.25, 0.3) is 0 Å². The molecule has 9 heteroatoms. The van der Waals surface area contributed by atoms with Crippen molar-refractivity contribution in [2.24, 2.45) is 0 Å². The van der Waals surface area contributed by atoms with E-state index in [1.165, 1.54) is 6.07 Å². The van der Waals surface area contributed by atoms with Crippen molar-refractivity contribution < 1.29 is 13.6 Å². The molecule has 1 aromatic carbocycles. The van der Waals surface area contributed by atoms with Crippen LogP contribution >= 0.6 is 23.2 Å². The van der Waals surface area contributed by atoms with E-state index in [1.54, 1.807) is 0 Å². The fourth-order valence-electron chi connectivity index (χ4n) is 1.41. The van der Waals surface area contributed by atoms with Gasteiger partial charge in [-0.15, -0.1) is 0 Å². The third-order valence-electron chi connectivity index (χ3n) is 2.22. The Morgan fingerprint density at radius 3 is 2.55 bits per heavy atom. The molecule has 0 unspecified atom stereocenters. The van der Waals surface area contributed by atoms with Gasteiger partial charge in [0, 0.05) is 6.07 Å². The van der Waals surface area contributed by atoms with Crippen LogP contribution in [0.15, 0.2) is 18.2 Å². The monoisotopic (exact) mass is 318 g/mol. The van der Waals surface area contributed by atoms with Gasteiger partial charge in [-0.1, -0.05) is 11.6 Å². The molecule has 0 spiro atoms. The van der Waals surface area contributed by atoms with E-state index >= 15 is 0 Å². The first-order valence-corrected chi connectivity index (χ1v) is 5.88. The lowest BCUT2D eigenvalue weighted by Crippen LogP contribution is -2.16. The van der Waals surface area contributed by atoms with Crippen LogP contribution in [0.1, 0.15) is 10.4 Å². The fourth-order valence-corrected chi connectivity index (χ4v) is 1.82. The molecule has 0 aliphatic carbocycles. The van der Waals surface area contributed by atoms with Crippen molar-refractivity contribution >= 4 is 40.6 Å². The predicted molar refractivity (Wildman–Crippen MR) is 70.8 cm³/mol. The van der Waals surface area contributed by atoms with Crippen molar-refractivity contribution in [1.82, 2.24) is 9.97 Å². The quantitative estimate of drug-likeness (QED) is 0.507. The van der Waals surface area contributed by atoms with Crippen LogP contribution < -0.4 is 11.1 Å². The molecular weight excluding hydrogens is 313 g/mol. The number of nitrogens with one attached hydrogen (secondary N) is 1. The predicted octanol–water partition coefficient (Wildman–Crippen LogP) is 2.90. The molecule has 0 saturated heterocycles. The van der Waals surface area contributed by atoms with Crippen LogP contribution in [0, 0.1) is 11.6 Å². The van der Waals surface area contributed by atoms with E-state index in [9.17, 15) is 13.6 Å². The third kappa shape index (κ3) is 3.12. The van der Waals surface area contributed by atoms with Crippen molar-refractivity contribution in [3.05, 3.63) is 45.8 Å². The molecule has 5 nitrogen and oxygen atoms in total. The Hall–Kier alpha value is -1.99. The Balaban J connectivity index is 2.33. The highest BCUT2D eigenvalue weighted by molar-refractivity contribution is 6.32. The van der Waals surface area contributed by atoms with Crippen LogP contribution in [0.2, 0.25) is 10.4 Å². The van der Waals surface area contributed by atoms with Gasteiger partial charge >= 0.3 is 0 Å². The number of aromatic nitrogens is 2. The van der Waals surface area contributed by atoms with Gasteiger partial charge in [0.2, 0.25) is 5.28 Å². The molecule has 0 atom stereocenters. The zero-order chi connectivity index (χ0) is 14.9. The van der Waals surface area contributed by atoms with Crippen molar-refractivity contribution in [1.29, 1.82) is 0 Å². The summed E-state index contributed by atoms with van der Waals surface area (Å²) in [7, 11) is 0. The van der Waals surface area contributed by atoms with Crippen LogP contribution in [-0.2, 0) is 0 Å². The van der Waals surface area contributed by atoms with E-state index in [2.05, 4.69) is 15.3 Å². The van der Waals surface area contributed by atoms with Gasteiger partial charge in [-0.2, -0.15) is 0 Å². The van der Waals surface area contributed by atoms with Crippen LogP contribution in [0.3, 0.4) is 0 Å². The summed E-state index contributed by atoms with van der Waals surface area (Å²) >= 11 is 11.2. The minimum absolute atomic E-state index is 0.0143. The Labute approximate surface area is 121 Å². The van der Waals surface area contributed by atoms with E-state index in [1.807, 2.05) is 0 Å². The average molecular weight is 319 g/mol. The lowest BCUT2D eigenvalue weighted by atomic mass is 10.1. The number of nitrogens with zero attached hydrogens (tertiary/aromatic N) is 2. The summed E-state index contributed by atoms with van der Waals surface area (Å²) < 4.78 is 26.8. The molecule has 2 aromatic rings. The standard InChI is InChI=1S/C11H6Cl2F2N4O/c12-7-3-8(19-11(13)17-7)18-10(20)5-1-4(14)2-6(16)9(5)15/h1-3H,16H2,(H,17,18,19,20). The number of hydrogen-bond donors (Lipinski definition) is 2. The first kappa shape index (κ1) is 14.4. The molecule has 0 aliphatic rings. The maximum Gasteiger partial charge on any atom is 0.259 e. The zero-order valence-corrected chi connectivity index (χ0v) is 11.1. The number of carbonyl (C=O) groups is 1. The Bertz CT molecular complexity index is 676. The van der Waals surface area contributed by atoms with Gasteiger partial charge in [-0.3, -0.25) is 4.79 Å². The zero-order valence-electron chi connectivity index (χ0n) is 9.62. The van der Waals surface area contributed by atoms with E-state index in [0.29, 0.717) is 6.07 Å². The lowest BCUT2D eigenvalue weighted by Gasteiger charge is -2.07. The Morgan fingerprint density at radius 2 is 1.90 bits per heavy atom. The summed E-state index contributed by atoms with van der Waals surface area (Å²) in [4.78, 5) is 19.1. The SMILES string of the molecule is Nc1cc(F)cc(C(=O)Nc2cc(Cl)nc(Cl)n2)c1F. The molecule has 20 heavy (non-hydrogen) atoms. The molecule has 0 fully saturated rings. The van der Waals surface area contributed by atoms with Gasteiger partial charge in [0.15, 0.2) is 5.82 Å². The molecule has 2 rings (SSSR count). The first-order valence-electron chi connectivity index (χ1n) is 5.13. The summed E-state index contributed by atoms with van der Waals surface area (Å²) in [5, 5.41) is 2.00. The largest absolute Gasteiger partial charge is 0.396 e. The number of halogens is 4. The molecule has 1 amide bonds. The smallest absolute Gasteiger partial charge is 0.259 e. The fraction of sp³-hybridized carbons (Fsp3) is 0. The molecule has 0 bridgehead atoms. The topological polar surface area (TPSA) is 80.9 Å². The maximum atomic E-state index is 13.7. The van der Waals surface area contributed by atoms with E-state index in [-0.39, 0.29) is 16.3 Å². The lowest BCUT2D eigenvalue weighted by molar-refractivity contribution is 0.102. The number of anilines is 2. The summed E-state index contributed by atoms with van der Waals surface area (Å²) in [6.07, 6.45) is 0. The van der Waals surface area contributed by atoms with Gasteiger partial charge in [0.25, 0.3) is 5.91 Å². The van der Waals surface area contributed by atoms with Gasteiger partial charge in [-0.25, -0.2) is 18.7 Å². The minimum Gasteiger partial charge on any atom is -0.396 e. The summed E-state index contributed by atoms with van der Waals surface area (Å²) in [5.74, 6) is -2.87. The number of hydrogen-bond acceptors (Lipinski definition) is 4. The van der Waals surface area contributed by atoms with Crippen molar-refractivity contribution in [3.8, 4) is 0 Å². The molecule has 0 saturated carbocycles. The number of rotatable bonds is 2. The van der Waals surface area contributed by atoms with Gasteiger partial charge < -0.3 is 11.1 Å². The van der Waals surface area contributed by atoms with E-state index in [0.717, 1.165) is 6.07 Å². The van der Waals surface area contributed by atoms with Crippen molar-refractivity contribution in [2.45, 2.75) is 0 Å². The van der Waals surface area contributed by atoms with Gasteiger partial charge in [0.05, 0.1) is 11.3 Å². The Morgan fingerprint density at radius 1 is 1.20 bits per heavy atom. The molecule has 0 radical (unpaired) electrons. The van der Waals surface area contributed by atoms with Crippen LogP contribution in [0.5, 0.6) is 0 Å². The second-order valence-corrected chi connectivity index (χ2v) is 4.38. The van der Waals surface area contributed by atoms with Gasteiger partial charge in [0.1, 0.15) is 16.8 Å². The maximum absolute atomic E-state index is 13.7. The van der Waals surface area contributed by atoms with E-state index < -0.39 is 28.8 Å². The van der Waals surface area contributed by atoms with E-state index in [4.69, 9.17) is 28.9 Å². The highest BCUT2D eigenvalue weighted by atomic mass is 35.5. The highest BCUT2D eigenvalue weighted by Gasteiger charge is 2.17. The van der Waals surface area contributed by atoms with Crippen molar-refractivity contribution in [3.63, 3.8) is 0 Å². The molecule has 1 heterocycles. The number of benzene rings is 1. The number of carbonyl (C=O) groups excluding carboxylic acids is 1. The van der Waals surface area contributed by atoms with Crippen molar-refractivity contribution in [2.75, 3.05) is 11.1 Å². The molecule has 3 N–H and O–H groups in total. The van der Waals surface area contributed by atoms with Gasteiger partial charge in [-0.05, 0) is 23.7 Å². The second-order valence-electron chi connectivity index (χ2n) is 3.66. The average Bonchev–Trinajstić information content (AvgIpc) is 2.32. The molecule has 0 aliphatic heterocycles. The second kappa shape index (κ2) is 5.56. The van der Waals surface area contributed by atoms with Crippen LogP contribution in [-0.4, -0.2) is 15.9 Å².